The Hall–Kier alpha value is -2.35. The number of anilines is 2. The zero-order chi connectivity index (χ0) is 17.3. The lowest BCUT2D eigenvalue weighted by Gasteiger charge is -2.12. The lowest BCUT2D eigenvalue weighted by Crippen LogP contribution is -2.13. The number of nitrogens with zero attached hydrogens (tertiary/aromatic N) is 1. The van der Waals surface area contributed by atoms with Crippen LogP contribution in [0, 0.1) is 0 Å². The van der Waals surface area contributed by atoms with Crippen LogP contribution in [0.25, 0.3) is 0 Å². The summed E-state index contributed by atoms with van der Waals surface area (Å²) in [6, 6.07) is 7.39. The van der Waals surface area contributed by atoms with Crippen molar-refractivity contribution in [2.24, 2.45) is 0 Å². The van der Waals surface area contributed by atoms with Crippen LogP contribution in [-0.2, 0) is 20.2 Å². The summed E-state index contributed by atoms with van der Waals surface area (Å²) < 4.78 is 32.1. The average Bonchev–Trinajstić information content (AvgIpc) is 2.86. The van der Waals surface area contributed by atoms with Crippen molar-refractivity contribution in [1.29, 1.82) is 0 Å². The molecule has 0 unspecified atom stereocenters. The van der Waals surface area contributed by atoms with Gasteiger partial charge in [0.15, 0.2) is 5.82 Å². The molecule has 0 radical (unpaired) electrons. The summed E-state index contributed by atoms with van der Waals surface area (Å²) in [7, 11) is -3.78. The molecule has 23 heavy (non-hydrogen) atoms. The molecule has 0 aliphatic heterocycles. The second-order valence-electron chi connectivity index (χ2n) is 6.14. The van der Waals surface area contributed by atoms with E-state index in [1.165, 1.54) is 31.2 Å². The maximum Gasteiger partial charge on any atom is 0.263 e. The molecule has 0 fully saturated rings. The first-order valence-corrected chi connectivity index (χ1v) is 8.44. The van der Waals surface area contributed by atoms with Gasteiger partial charge in [-0.15, -0.1) is 0 Å². The highest BCUT2D eigenvalue weighted by Crippen LogP contribution is 2.25. The van der Waals surface area contributed by atoms with Gasteiger partial charge in [0.1, 0.15) is 5.76 Å². The first-order chi connectivity index (χ1) is 10.6. The van der Waals surface area contributed by atoms with Crippen LogP contribution in [-0.4, -0.2) is 19.5 Å². The molecule has 124 valence electrons. The van der Waals surface area contributed by atoms with Gasteiger partial charge in [0.2, 0.25) is 5.91 Å². The van der Waals surface area contributed by atoms with E-state index in [2.05, 4.69) is 15.2 Å². The van der Waals surface area contributed by atoms with Crippen LogP contribution in [0.15, 0.2) is 39.8 Å². The van der Waals surface area contributed by atoms with Crippen molar-refractivity contribution < 1.29 is 17.7 Å². The number of sulfonamides is 1. The summed E-state index contributed by atoms with van der Waals surface area (Å²) in [5.74, 6) is 0.480. The molecule has 0 aliphatic rings. The van der Waals surface area contributed by atoms with Gasteiger partial charge in [-0.3, -0.25) is 9.52 Å². The minimum Gasteiger partial charge on any atom is -0.359 e. The molecule has 1 heterocycles. The maximum atomic E-state index is 12.3. The summed E-state index contributed by atoms with van der Waals surface area (Å²) >= 11 is 0. The quantitative estimate of drug-likeness (QED) is 0.893. The first kappa shape index (κ1) is 17.0. The van der Waals surface area contributed by atoms with Crippen LogP contribution in [0.1, 0.15) is 33.5 Å². The Bertz CT molecular complexity index is 802. The number of amides is 1. The SMILES string of the molecule is CC(=O)Nc1ccc(S(=O)(=O)Nc2cc(C(C)(C)C)on2)cc1. The summed E-state index contributed by atoms with van der Waals surface area (Å²) in [4.78, 5) is 11.0. The van der Waals surface area contributed by atoms with Crippen molar-refractivity contribution >= 4 is 27.4 Å². The number of carbonyl (C=O) groups is 1. The van der Waals surface area contributed by atoms with Crippen LogP contribution in [0.5, 0.6) is 0 Å². The smallest absolute Gasteiger partial charge is 0.263 e. The zero-order valence-electron chi connectivity index (χ0n) is 13.4. The lowest BCUT2D eigenvalue weighted by molar-refractivity contribution is -0.114. The molecule has 8 heteroatoms. The molecular weight excluding hydrogens is 318 g/mol. The summed E-state index contributed by atoms with van der Waals surface area (Å²) in [6.45, 7) is 7.19. The average molecular weight is 337 g/mol. The standard InChI is InChI=1S/C15H19N3O4S/c1-10(19)16-11-5-7-12(8-6-11)23(20,21)18-14-9-13(22-17-14)15(2,3)4/h5-9H,1-4H3,(H,16,19)(H,17,18). The second-order valence-corrected chi connectivity index (χ2v) is 7.82. The third kappa shape index (κ3) is 4.32. The Morgan fingerprint density at radius 2 is 1.78 bits per heavy atom. The molecule has 1 aromatic heterocycles. The van der Waals surface area contributed by atoms with Gasteiger partial charge in [-0.2, -0.15) is 0 Å². The molecule has 2 aromatic rings. The van der Waals surface area contributed by atoms with Gasteiger partial charge >= 0.3 is 0 Å². The number of benzene rings is 1. The van der Waals surface area contributed by atoms with Crippen molar-refractivity contribution in [2.75, 3.05) is 10.0 Å². The van der Waals surface area contributed by atoms with Crippen molar-refractivity contribution in [2.45, 2.75) is 38.0 Å². The minimum atomic E-state index is -3.78. The molecule has 0 saturated heterocycles. The van der Waals surface area contributed by atoms with Crippen molar-refractivity contribution in [3.8, 4) is 0 Å². The van der Waals surface area contributed by atoms with Crippen molar-refractivity contribution in [3.63, 3.8) is 0 Å². The van der Waals surface area contributed by atoms with Crippen molar-refractivity contribution in [1.82, 2.24) is 5.16 Å². The van der Waals surface area contributed by atoms with Gasteiger partial charge in [0.25, 0.3) is 10.0 Å². The molecule has 7 nitrogen and oxygen atoms in total. The number of nitrogens with one attached hydrogen (secondary N) is 2. The molecule has 2 N–H and O–H groups in total. The van der Waals surface area contributed by atoms with Gasteiger partial charge in [0.05, 0.1) is 4.90 Å². The molecule has 0 aliphatic carbocycles. The van der Waals surface area contributed by atoms with Crippen LogP contribution in [0.4, 0.5) is 11.5 Å². The molecule has 1 amide bonds. The Labute approximate surface area is 135 Å². The van der Waals surface area contributed by atoms with E-state index in [0.29, 0.717) is 11.4 Å². The van der Waals surface area contributed by atoms with Gasteiger partial charge in [-0.25, -0.2) is 8.42 Å². The fraction of sp³-hybridized carbons (Fsp3) is 0.333. The molecule has 0 atom stereocenters. The monoisotopic (exact) mass is 337 g/mol. The van der Waals surface area contributed by atoms with E-state index in [-0.39, 0.29) is 22.0 Å². The van der Waals surface area contributed by atoms with E-state index in [9.17, 15) is 13.2 Å². The van der Waals surface area contributed by atoms with E-state index in [1.54, 1.807) is 6.07 Å². The summed E-state index contributed by atoms with van der Waals surface area (Å²) in [6.07, 6.45) is 0. The Balaban J connectivity index is 2.18. The highest BCUT2D eigenvalue weighted by Gasteiger charge is 2.22. The molecular formula is C15H19N3O4S. The lowest BCUT2D eigenvalue weighted by atomic mass is 9.93. The second kappa shape index (κ2) is 6.04. The van der Waals surface area contributed by atoms with Gasteiger partial charge in [-0.1, -0.05) is 25.9 Å². The van der Waals surface area contributed by atoms with E-state index < -0.39 is 10.0 Å². The van der Waals surface area contributed by atoms with E-state index in [4.69, 9.17) is 4.52 Å². The van der Waals surface area contributed by atoms with Crippen LogP contribution >= 0.6 is 0 Å². The fourth-order valence-corrected chi connectivity index (χ4v) is 2.78. The Kier molecular flexibility index (Phi) is 4.46. The molecule has 2 rings (SSSR count). The minimum absolute atomic E-state index is 0.0620. The number of carbonyl (C=O) groups excluding carboxylic acids is 1. The number of hydrogen-bond acceptors (Lipinski definition) is 5. The highest BCUT2D eigenvalue weighted by molar-refractivity contribution is 7.92. The maximum absolute atomic E-state index is 12.3. The summed E-state index contributed by atoms with van der Waals surface area (Å²) in [5.41, 5.74) is 0.254. The molecule has 1 aromatic carbocycles. The number of aromatic nitrogens is 1. The molecule has 0 saturated carbocycles. The van der Waals surface area contributed by atoms with Gasteiger partial charge < -0.3 is 9.84 Å². The third-order valence-corrected chi connectivity index (χ3v) is 4.34. The predicted molar refractivity (Wildman–Crippen MR) is 86.8 cm³/mol. The zero-order valence-corrected chi connectivity index (χ0v) is 14.2. The largest absolute Gasteiger partial charge is 0.359 e. The Morgan fingerprint density at radius 3 is 2.26 bits per heavy atom. The first-order valence-electron chi connectivity index (χ1n) is 6.95. The third-order valence-electron chi connectivity index (χ3n) is 2.97. The van der Waals surface area contributed by atoms with Crippen LogP contribution in [0.2, 0.25) is 0 Å². The Morgan fingerprint density at radius 1 is 1.17 bits per heavy atom. The number of hydrogen-bond donors (Lipinski definition) is 2. The van der Waals surface area contributed by atoms with E-state index >= 15 is 0 Å². The fourth-order valence-electron chi connectivity index (χ4n) is 1.79. The van der Waals surface area contributed by atoms with E-state index in [1.807, 2.05) is 20.8 Å². The number of rotatable bonds is 4. The molecule has 0 bridgehead atoms. The normalized spacial score (nSPS) is 12.0. The van der Waals surface area contributed by atoms with E-state index in [0.717, 1.165) is 0 Å². The predicted octanol–water partition coefficient (Wildman–Crippen LogP) is 2.73. The topological polar surface area (TPSA) is 101 Å². The van der Waals surface area contributed by atoms with Crippen LogP contribution < -0.4 is 10.0 Å². The van der Waals surface area contributed by atoms with Crippen LogP contribution in [0.3, 0.4) is 0 Å². The van der Waals surface area contributed by atoms with Gasteiger partial charge in [-0.05, 0) is 24.3 Å². The van der Waals surface area contributed by atoms with Crippen molar-refractivity contribution in [3.05, 3.63) is 36.1 Å². The summed E-state index contributed by atoms with van der Waals surface area (Å²) in [5, 5.41) is 6.30. The highest BCUT2D eigenvalue weighted by atomic mass is 32.2. The molecule has 0 spiro atoms. The van der Waals surface area contributed by atoms with Gasteiger partial charge in [0, 0.05) is 24.1 Å².